The van der Waals surface area contributed by atoms with E-state index in [1.54, 1.807) is 11.8 Å². The van der Waals surface area contributed by atoms with E-state index in [4.69, 9.17) is 5.11 Å². The summed E-state index contributed by atoms with van der Waals surface area (Å²) in [6.07, 6.45) is 1.49. The predicted molar refractivity (Wildman–Crippen MR) is 66.8 cm³/mol. The Morgan fingerprint density at radius 3 is 2.94 bits per heavy atom. The minimum absolute atomic E-state index is 0.152. The molecule has 0 aromatic carbocycles. The molecule has 0 fully saturated rings. The number of thioether (sulfide) groups is 1. The summed E-state index contributed by atoms with van der Waals surface area (Å²) in [5.74, 6) is 1.34. The molecular formula is C10H17N3O3S. The van der Waals surface area contributed by atoms with Crippen LogP contribution in [0.25, 0.3) is 0 Å². The van der Waals surface area contributed by atoms with Crippen LogP contribution < -0.4 is 10.7 Å². The fourth-order valence-electron chi connectivity index (χ4n) is 1.25. The zero-order valence-corrected chi connectivity index (χ0v) is 10.4. The summed E-state index contributed by atoms with van der Waals surface area (Å²) in [5, 5.41) is 15.0. The van der Waals surface area contributed by atoms with Crippen molar-refractivity contribution in [3.63, 3.8) is 0 Å². The van der Waals surface area contributed by atoms with Crippen molar-refractivity contribution in [2.45, 2.75) is 19.3 Å². The molecule has 1 aliphatic heterocycles. The fourth-order valence-corrected chi connectivity index (χ4v) is 2.03. The second-order valence-electron chi connectivity index (χ2n) is 3.54. The Kier molecular flexibility index (Phi) is 6.64. The predicted octanol–water partition coefficient (Wildman–Crippen LogP) is -0.516. The van der Waals surface area contributed by atoms with E-state index < -0.39 is 0 Å². The van der Waals surface area contributed by atoms with Crippen LogP contribution in [-0.4, -0.2) is 47.3 Å². The minimum Gasteiger partial charge on any atom is -0.396 e. The maximum atomic E-state index is 11.6. The molecule has 1 heterocycles. The first-order valence-corrected chi connectivity index (χ1v) is 6.71. The zero-order valence-electron chi connectivity index (χ0n) is 9.57. The molecule has 0 radical (unpaired) electrons. The number of carbonyl (C=O) groups is 2. The number of rotatable bonds is 7. The van der Waals surface area contributed by atoms with Gasteiger partial charge in [-0.05, 0) is 12.2 Å². The summed E-state index contributed by atoms with van der Waals surface area (Å²) in [4.78, 5) is 22.4. The van der Waals surface area contributed by atoms with E-state index in [1.165, 1.54) is 0 Å². The van der Waals surface area contributed by atoms with E-state index in [1.807, 2.05) is 0 Å². The quantitative estimate of drug-likeness (QED) is 0.537. The van der Waals surface area contributed by atoms with Gasteiger partial charge >= 0.3 is 0 Å². The van der Waals surface area contributed by atoms with Gasteiger partial charge in [0.2, 0.25) is 5.91 Å². The van der Waals surface area contributed by atoms with Gasteiger partial charge in [0.1, 0.15) is 5.71 Å². The van der Waals surface area contributed by atoms with Gasteiger partial charge in [0, 0.05) is 31.7 Å². The lowest BCUT2D eigenvalue weighted by Crippen LogP contribution is -2.37. The van der Waals surface area contributed by atoms with E-state index in [0.29, 0.717) is 25.1 Å². The number of hydrogen-bond acceptors (Lipinski definition) is 5. The van der Waals surface area contributed by atoms with Gasteiger partial charge in [0.25, 0.3) is 5.91 Å². The van der Waals surface area contributed by atoms with Crippen molar-refractivity contribution in [1.82, 2.24) is 10.7 Å². The van der Waals surface area contributed by atoms with E-state index >= 15 is 0 Å². The molecule has 17 heavy (non-hydrogen) atoms. The first-order valence-electron chi connectivity index (χ1n) is 5.56. The summed E-state index contributed by atoms with van der Waals surface area (Å²) >= 11 is 1.68. The maximum absolute atomic E-state index is 11.6. The lowest BCUT2D eigenvalue weighted by atomic mass is 10.2. The number of aliphatic hydroxyl groups excluding tert-OH is 1. The van der Waals surface area contributed by atoms with Gasteiger partial charge in [-0.1, -0.05) is 0 Å². The normalized spacial score (nSPS) is 15.1. The Hall–Kier alpha value is -1.08. The molecule has 0 bridgehead atoms. The van der Waals surface area contributed by atoms with Crippen molar-refractivity contribution in [1.29, 1.82) is 0 Å². The highest BCUT2D eigenvalue weighted by atomic mass is 32.2. The summed E-state index contributed by atoms with van der Waals surface area (Å²) in [6, 6.07) is 0. The first kappa shape index (κ1) is 14.0. The number of hydrazone groups is 1. The number of nitrogens with one attached hydrogen (secondary N) is 2. The summed E-state index contributed by atoms with van der Waals surface area (Å²) in [5.41, 5.74) is 2.67. The topological polar surface area (TPSA) is 90.8 Å². The average Bonchev–Trinajstić information content (AvgIpc) is 2.34. The van der Waals surface area contributed by atoms with Gasteiger partial charge in [0.05, 0.1) is 0 Å². The maximum Gasteiger partial charge on any atom is 0.267 e. The first-order chi connectivity index (χ1) is 8.24. The van der Waals surface area contributed by atoms with Crippen molar-refractivity contribution >= 4 is 29.3 Å². The van der Waals surface area contributed by atoms with Crippen molar-refractivity contribution in [3.8, 4) is 0 Å². The van der Waals surface area contributed by atoms with Crippen LogP contribution in [-0.2, 0) is 9.59 Å². The Balaban J connectivity index is 2.11. The Bertz CT molecular complexity index is 307. The van der Waals surface area contributed by atoms with Crippen LogP contribution in [0.15, 0.2) is 5.10 Å². The molecule has 0 aromatic rings. The molecule has 1 rings (SSSR count). The van der Waals surface area contributed by atoms with E-state index in [-0.39, 0.29) is 18.4 Å². The minimum atomic E-state index is -0.215. The molecule has 3 N–H and O–H groups in total. The number of amides is 2. The Morgan fingerprint density at radius 1 is 1.47 bits per heavy atom. The zero-order chi connectivity index (χ0) is 12.5. The molecule has 0 spiro atoms. The van der Waals surface area contributed by atoms with Crippen molar-refractivity contribution in [3.05, 3.63) is 0 Å². The SMILES string of the molecule is O=C1CCC(C(=O)NCCSCCCO)=NN1. The van der Waals surface area contributed by atoms with Crippen molar-refractivity contribution in [2.75, 3.05) is 24.7 Å². The number of aliphatic hydroxyl groups is 1. The highest BCUT2D eigenvalue weighted by Crippen LogP contribution is 2.01. The van der Waals surface area contributed by atoms with E-state index in [0.717, 1.165) is 17.9 Å². The van der Waals surface area contributed by atoms with Gasteiger partial charge in [-0.15, -0.1) is 0 Å². The standard InChI is InChI=1S/C10H17N3O3S/c14-5-1-6-17-7-4-11-10(16)8-2-3-9(15)13-12-8/h14H,1-7H2,(H,11,16)(H,13,15). The molecule has 0 unspecified atom stereocenters. The summed E-state index contributed by atoms with van der Waals surface area (Å²) in [6.45, 7) is 0.776. The van der Waals surface area contributed by atoms with Crippen LogP contribution in [0.2, 0.25) is 0 Å². The molecule has 6 nitrogen and oxygen atoms in total. The fraction of sp³-hybridized carbons (Fsp3) is 0.700. The van der Waals surface area contributed by atoms with Crippen molar-refractivity contribution < 1.29 is 14.7 Å². The number of carbonyl (C=O) groups excluding carboxylic acids is 2. The summed E-state index contributed by atoms with van der Waals surface area (Å²) < 4.78 is 0. The third-order valence-corrected chi connectivity index (χ3v) is 3.22. The lowest BCUT2D eigenvalue weighted by molar-refractivity contribution is -0.121. The number of nitrogens with zero attached hydrogens (tertiary/aromatic N) is 1. The van der Waals surface area contributed by atoms with E-state index in [9.17, 15) is 9.59 Å². The molecule has 96 valence electrons. The van der Waals surface area contributed by atoms with E-state index in [2.05, 4.69) is 15.8 Å². The van der Waals surface area contributed by atoms with Crippen LogP contribution in [0, 0.1) is 0 Å². The van der Waals surface area contributed by atoms with Crippen molar-refractivity contribution in [2.24, 2.45) is 5.10 Å². The highest BCUT2D eigenvalue weighted by Gasteiger charge is 2.17. The molecule has 0 saturated carbocycles. The third kappa shape index (κ3) is 5.69. The molecule has 0 atom stereocenters. The Labute approximate surface area is 104 Å². The van der Waals surface area contributed by atoms with Crippen LogP contribution >= 0.6 is 11.8 Å². The monoisotopic (exact) mass is 259 g/mol. The smallest absolute Gasteiger partial charge is 0.267 e. The lowest BCUT2D eigenvalue weighted by Gasteiger charge is -2.11. The average molecular weight is 259 g/mol. The molecule has 7 heteroatoms. The van der Waals surface area contributed by atoms with Gasteiger partial charge < -0.3 is 10.4 Å². The van der Waals surface area contributed by atoms with Crippen LogP contribution in [0.3, 0.4) is 0 Å². The molecule has 1 aliphatic rings. The molecule has 2 amide bonds. The Morgan fingerprint density at radius 2 is 2.29 bits per heavy atom. The van der Waals surface area contributed by atoms with Gasteiger partial charge in [0.15, 0.2) is 0 Å². The molecule has 0 saturated heterocycles. The molecule has 0 aliphatic carbocycles. The second-order valence-corrected chi connectivity index (χ2v) is 4.76. The van der Waals surface area contributed by atoms with Crippen LogP contribution in [0.4, 0.5) is 0 Å². The highest BCUT2D eigenvalue weighted by molar-refractivity contribution is 7.99. The second kappa shape index (κ2) is 8.08. The van der Waals surface area contributed by atoms with Gasteiger partial charge in [-0.3, -0.25) is 9.59 Å². The molecule has 0 aromatic heterocycles. The van der Waals surface area contributed by atoms with Crippen LogP contribution in [0.5, 0.6) is 0 Å². The van der Waals surface area contributed by atoms with Gasteiger partial charge in [-0.2, -0.15) is 16.9 Å². The van der Waals surface area contributed by atoms with Crippen LogP contribution in [0.1, 0.15) is 19.3 Å². The third-order valence-electron chi connectivity index (χ3n) is 2.15. The number of hydrogen-bond donors (Lipinski definition) is 3. The summed E-state index contributed by atoms with van der Waals surface area (Å²) in [7, 11) is 0. The van der Waals surface area contributed by atoms with Gasteiger partial charge in [-0.25, -0.2) is 5.43 Å². The molecular weight excluding hydrogens is 242 g/mol. The largest absolute Gasteiger partial charge is 0.396 e.